The van der Waals surface area contributed by atoms with E-state index in [2.05, 4.69) is 53.4 Å². The third kappa shape index (κ3) is 15.3. The molecule has 2 heterocycles. The maximum atomic E-state index is 12.7. The molecule has 6 aromatic rings. The van der Waals surface area contributed by atoms with E-state index in [1.165, 1.54) is 0 Å². The SMILES string of the molecule is Cc1cc(NC(=O)c2ccc(C=O)cc2)nn1Cc1cc(Cl)ccc1OCC(C)C.Cc1cc(NC(=O)c2ccc(CN(C)C)cc2)nn1Cc1cc(Cl)ccc1OCC(C)C.Cl. The molecule has 0 bridgehead atoms. The number of carbonyl (C=O) groups is 3. The molecule has 2 N–H and O–H groups in total. The molecule has 0 fully saturated rings. The van der Waals surface area contributed by atoms with Crippen LogP contribution in [0, 0.1) is 25.7 Å². The fourth-order valence-corrected chi connectivity index (χ4v) is 6.53. The molecule has 0 aliphatic carbocycles. The van der Waals surface area contributed by atoms with Crippen molar-refractivity contribution in [1.82, 2.24) is 24.5 Å². The molecule has 0 radical (unpaired) electrons. The second kappa shape index (κ2) is 23.7. The van der Waals surface area contributed by atoms with Crippen LogP contribution in [-0.2, 0) is 19.6 Å². The zero-order valence-electron chi connectivity index (χ0n) is 36.9. The van der Waals surface area contributed by atoms with Gasteiger partial charge in [-0.25, -0.2) is 0 Å². The Morgan fingerprint density at radius 1 is 0.667 bits per heavy atom. The number of halogens is 3. The summed E-state index contributed by atoms with van der Waals surface area (Å²) in [5.41, 5.74) is 6.39. The van der Waals surface area contributed by atoms with E-state index in [1.54, 1.807) is 41.1 Å². The number of nitrogens with one attached hydrogen (secondary N) is 2. The van der Waals surface area contributed by atoms with E-state index in [1.807, 2.05) is 93.3 Å². The van der Waals surface area contributed by atoms with Gasteiger partial charge in [-0.3, -0.25) is 23.7 Å². The minimum Gasteiger partial charge on any atom is -0.493 e. The van der Waals surface area contributed by atoms with Crippen molar-refractivity contribution in [2.24, 2.45) is 11.8 Å². The summed E-state index contributed by atoms with van der Waals surface area (Å²) < 4.78 is 15.5. The van der Waals surface area contributed by atoms with Crippen molar-refractivity contribution in [3.8, 4) is 11.5 Å². The van der Waals surface area contributed by atoms with Crippen LogP contribution in [0.3, 0.4) is 0 Å². The summed E-state index contributed by atoms with van der Waals surface area (Å²) in [4.78, 5) is 38.0. The molecule has 0 aliphatic rings. The molecule has 15 heteroatoms. The topological polar surface area (TPSA) is 133 Å². The van der Waals surface area contributed by atoms with Crippen LogP contribution in [0.1, 0.15) is 86.8 Å². The Balaban J connectivity index is 0.000000273. The van der Waals surface area contributed by atoms with Gasteiger partial charge in [-0.15, -0.1) is 12.4 Å². The van der Waals surface area contributed by atoms with Crippen molar-refractivity contribution >= 4 is 65.3 Å². The Kier molecular flexibility index (Phi) is 18.8. The number of rotatable bonds is 17. The maximum absolute atomic E-state index is 12.7. The summed E-state index contributed by atoms with van der Waals surface area (Å²) in [6.45, 7) is 15.3. The quantitative estimate of drug-likeness (QED) is 0.0865. The van der Waals surface area contributed by atoms with E-state index in [4.69, 9.17) is 32.7 Å². The Morgan fingerprint density at radius 2 is 1.08 bits per heavy atom. The number of benzene rings is 4. The number of nitrogens with zero attached hydrogens (tertiary/aromatic N) is 5. The van der Waals surface area contributed by atoms with Crippen molar-refractivity contribution in [2.45, 2.75) is 61.2 Å². The van der Waals surface area contributed by atoms with Gasteiger partial charge in [-0.2, -0.15) is 10.2 Å². The monoisotopic (exact) mass is 915 g/mol. The van der Waals surface area contributed by atoms with Crippen LogP contribution in [-0.4, -0.2) is 69.9 Å². The molecular weight excluding hydrogens is 861 g/mol. The molecule has 0 aliphatic heterocycles. The Labute approximate surface area is 386 Å². The summed E-state index contributed by atoms with van der Waals surface area (Å²) in [7, 11) is 4.03. The van der Waals surface area contributed by atoms with Gasteiger partial charge in [0.1, 0.15) is 17.8 Å². The molecule has 4 aromatic carbocycles. The average molecular weight is 917 g/mol. The Bertz CT molecular complexity index is 2450. The molecule has 0 atom stereocenters. The smallest absolute Gasteiger partial charge is 0.256 e. The number of amides is 2. The molecule has 0 unspecified atom stereocenters. The highest BCUT2D eigenvalue weighted by atomic mass is 35.5. The number of ether oxygens (including phenoxy) is 2. The summed E-state index contributed by atoms with van der Waals surface area (Å²) in [6, 6.07) is 28.8. The third-order valence-electron chi connectivity index (χ3n) is 9.30. The summed E-state index contributed by atoms with van der Waals surface area (Å²) in [5, 5.41) is 16.0. The van der Waals surface area contributed by atoms with Crippen molar-refractivity contribution in [3.63, 3.8) is 0 Å². The zero-order valence-corrected chi connectivity index (χ0v) is 39.3. The summed E-state index contributed by atoms with van der Waals surface area (Å²) in [6.07, 6.45) is 0.738. The van der Waals surface area contributed by atoms with Gasteiger partial charge >= 0.3 is 0 Å². The molecule has 0 saturated carbocycles. The number of aromatic nitrogens is 4. The van der Waals surface area contributed by atoms with Gasteiger partial charge in [-0.1, -0.05) is 75.2 Å². The first-order chi connectivity index (χ1) is 29.6. The highest BCUT2D eigenvalue weighted by Gasteiger charge is 2.15. The maximum Gasteiger partial charge on any atom is 0.256 e. The summed E-state index contributed by atoms with van der Waals surface area (Å²) >= 11 is 12.4. The number of carbonyl (C=O) groups excluding carboxylic acids is 3. The van der Waals surface area contributed by atoms with Crippen molar-refractivity contribution in [3.05, 3.63) is 152 Å². The minimum absolute atomic E-state index is 0. The Hall–Kier alpha value is -5.66. The fourth-order valence-electron chi connectivity index (χ4n) is 6.14. The molecule has 2 aromatic heterocycles. The van der Waals surface area contributed by atoms with Crippen LogP contribution in [0.4, 0.5) is 11.6 Å². The van der Waals surface area contributed by atoms with Gasteiger partial charge in [0.25, 0.3) is 11.8 Å². The van der Waals surface area contributed by atoms with Crippen LogP contribution < -0.4 is 20.1 Å². The van der Waals surface area contributed by atoms with E-state index in [0.717, 1.165) is 52.4 Å². The molecule has 0 spiro atoms. The second-order valence-corrected chi connectivity index (χ2v) is 17.0. The van der Waals surface area contributed by atoms with Crippen molar-refractivity contribution in [2.75, 3.05) is 37.9 Å². The summed E-state index contributed by atoms with van der Waals surface area (Å²) in [5.74, 6) is 2.87. The zero-order chi connectivity index (χ0) is 44.9. The van der Waals surface area contributed by atoms with Gasteiger partial charge in [-0.05, 0) is 106 Å². The number of hydrogen-bond donors (Lipinski definition) is 2. The highest BCUT2D eigenvalue weighted by Crippen LogP contribution is 2.27. The highest BCUT2D eigenvalue weighted by molar-refractivity contribution is 6.31. The second-order valence-electron chi connectivity index (χ2n) is 16.2. The molecule has 12 nitrogen and oxygen atoms in total. The molecule has 6 rings (SSSR count). The predicted molar refractivity (Wildman–Crippen MR) is 255 cm³/mol. The number of hydrogen-bond acceptors (Lipinski definition) is 8. The number of aryl methyl sites for hydroxylation is 2. The largest absolute Gasteiger partial charge is 0.493 e. The fraction of sp³-hybridized carbons (Fsp3) is 0.312. The van der Waals surface area contributed by atoms with E-state index < -0.39 is 0 Å². The molecular formula is C48H56Cl3N7O5. The van der Waals surface area contributed by atoms with Crippen molar-refractivity contribution in [1.29, 1.82) is 0 Å². The van der Waals surface area contributed by atoms with Crippen LogP contribution in [0.25, 0.3) is 0 Å². The van der Waals surface area contributed by atoms with Crippen LogP contribution in [0.2, 0.25) is 10.0 Å². The van der Waals surface area contributed by atoms with Gasteiger partial charge in [0.05, 0.1) is 26.3 Å². The van der Waals surface area contributed by atoms with E-state index in [9.17, 15) is 14.4 Å². The van der Waals surface area contributed by atoms with Gasteiger partial charge in [0.15, 0.2) is 11.6 Å². The molecule has 2 amide bonds. The Morgan fingerprint density at radius 3 is 1.46 bits per heavy atom. The first kappa shape index (κ1) is 50.0. The lowest BCUT2D eigenvalue weighted by molar-refractivity contribution is 0.101. The van der Waals surface area contributed by atoms with Gasteiger partial charge < -0.3 is 25.0 Å². The lowest BCUT2D eigenvalue weighted by Crippen LogP contribution is -2.14. The first-order valence-electron chi connectivity index (χ1n) is 20.4. The molecule has 63 heavy (non-hydrogen) atoms. The van der Waals surface area contributed by atoms with Gasteiger partial charge in [0, 0.05) is 67.9 Å². The van der Waals surface area contributed by atoms with E-state index in [0.29, 0.717) is 76.5 Å². The van der Waals surface area contributed by atoms with Gasteiger partial charge in [0.2, 0.25) is 0 Å². The van der Waals surface area contributed by atoms with E-state index >= 15 is 0 Å². The number of anilines is 2. The van der Waals surface area contributed by atoms with Crippen LogP contribution in [0.15, 0.2) is 97.1 Å². The van der Waals surface area contributed by atoms with Crippen molar-refractivity contribution < 1.29 is 23.9 Å². The van der Waals surface area contributed by atoms with E-state index in [-0.39, 0.29) is 24.2 Å². The van der Waals surface area contributed by atoms with Crippen LogP contribution in [0.5, 0.6) is 11.5 Å². The predicted octanol–water partition coefficient (Wildman–Crippen LogP) is 10.7. The minimum atomic E-state index is -0.291. The lowest BCUT2D eigenvalue weighted by Gasteiger charge is -2.14. The lowest BCUT2D eigenvalue weighted by atomic mass is 10.1. The standard InChI is InChI=1S/C25H31ClN4O2.C23H24ClN3O3.ClH/c1-17(2)16-32-23-11-10-22(26)13-21(23)15-30-18(3)12-24(28-30)27-25(31)20-8-6-19(7-9-20)14-29(4)5;1-15(2)14-30-21-9-8-20(24)11-19(21)12-27-16(3)10-22(26-27)25-23(29)18-6-4-17(13-28)5-7-18;/h6-13,17H,14-16H2,1-5H3,(H,27,28,31);4-11,13,15H,12,14H2,1-3H3,(H,25,26,29);1H. The third-order valence-corrected chi connectivity index (χ3v) is 9.77. The normalized spacial score (nSPS) is 10.9. The molecule has 334 valence electrons. The first-order valence-corrected chi connectivity index (χ1v) is 21.1. The molecule has 0 saturated heterocycles. The van der Waals surface area contributed by atoms with Crippen LogP contribution >= 0.6 is 35.6 Å². The number of aldehydes is 1. The average Bonchev–Trinajstić information content (AvgIpc) is 3.75.